The fourth-order valence-electron chi connectivity index (χ4n) is 2.54. The zero-order valence-corrected chi connectivity index (χ0v) is 15.6. The summed E-state index contributed by atoms with van der Waals surface area (Å²) in [5.74, 6) is 1.61. The zero-order valence-electron chi connectivity index (χ0n) is 13.4. The molecule has 1 aliphatic rings. The normalized spacial score (nSPS) is 16.0. The van der Waals surface area contributed by atoms with E-state index in [1.165, 1.54) is 0 Å². The largest absolute Gasteiger partial charge is 0.518 e. The minimum atomic E-state index is 0. The first-order chi connectivity index (χ1) is 11.7. The standard InChI is InChI=1S/C19H15N2O3.Pt/c1-12-11-23-19(20-12)14-5-2-6-15(10-14)24-17-9-8-13-4-3-7-16(22)18(13)21-17;/h2-9,12,22H,11H2,1H3;/q-1;/t12-;/m0./s1. The van der Waals surface area contributed by atoms with Crippen LogP contribution in [0.4, 0.5) is 0 Å². The Morgan fingerprint density at radius 3 is 2.80 bits per heavy atom. The molecule has 0 fully saturated rings. The monoisotopic (exact) mass is 514 g/mol. The summed E-state index contributed by atoms with van der Waals surface area (Å²) in [5.41, 5.74) is 1.25. The number of nitrogens with zero attached hydrogens (tertiary/aromatic N) is 2. The van der Waals surface area contributed by atoms with Gasteiger partial charge in [0.1, 0.15) is 17.2 Å². The number of phenolic OH excluding ortho intramolecular Hbond substituents is 1. The maximum atomic E-state index is 9.92. The average Bonchev–Trinajstić information content (AvgIpc) is 3.03. The van der Waals surface area contributed by atoms with Crippen LogP contribution in [0.3, 0.4) is 0 Å². The van der Waals surface area contributed by atoms with Gasteiger partial charge in [0.15, 0.2) is 0 Å². The number of hydrogen-bond acceptors (Lipinski definition) is 5. The summed E-state index contributed by atoms with van der Waals surface area (Å²) in [4.78, 5) is 8.77. The van der Waals surface area contributed by atoms with E-state index >= 15 is 0 Å². The Balaban J connectivity index is 0.00000182. The molecule has 3 aromatic rings. The zero-order chi connectivity index (χ0) is 16.5. The number of para-hydroxylation sites is 1. The van der Waals surface area contributed by atoms with Gasteiger partial charge in [-0.3, -0.25) is 4.99 Å². The van der Waals surface area contributed by atoms with E-state index in [1.54, 1.807) is 24.3 Å². The van der Waals surface area contributed by atoms with Gasteiger partial charge in [0.2, 0.25) is 5.88 Å². The number of aromatic hydroxyl groups is 1. The summed E-state index contributed by atoms with van der Waals surface area (Å²) in [7, 11) is 0. The molecule has 4 rings (SSSR count). The van der Waals surface area contributed by atoms with Gasteiger partial charge < -0.3 is 14.6 Å². The summed E-state index contributed by atoms with van der Waals surface area (Å²) < 4.78 is 11.3. The van der Waals surface area contributed by atoms with Crippen LogP contribution in [0.5, 0.6) is 17.4 Å². The summed E-state index contributed by atoms with van der Waals surface area (Å²) >= 11 is 0. The van der Waals surface area contributed by atoms with Crippen LogP contribution in [0.15, 0.2) is 53.5 Å². The van der Waals surface area contributed by atoms with Crippen LogP contribution in [-0.2, 0) is 25.8 Å². The van der Waals surface area contributed by atoms with Gasteiger partial charge in [0.05, 0.1) is 12.6 Å². The third kappa shape index (κ3) is 3.67. The number of hydrogen-bond donors (Lipinski definition) is 1. The summed E-state index contributed by atoms with van der Waals surface area (Å²) in [5, 5.41) is 10.8. The van der Waals surface area contributed by atoms with Gasteiger partial charge in [-0.25, -0.2) is 4.98 Å². The second-order valence-corrected chi connectivity index (χ2v) is 5.62. The minimum absolute atomic E-state index is 0. The van der Waals surface area contributed by atoms with Crippen LogP contribution >= 0.6 is 0 Å². The Hall–Kier alpha value is -2.39. The van der Waals surface area contributed by atoms with Crippen molar-refractivity contribution in [3.8, 4) is 17.4 Å². The van der Waals surface area contributed by atoms with Crippen molar-refractivity contribution in [2.45, 2.75) is 13.0 Å². The molecule has 1 aliphatic heterocycles. The fourth-order valence-corrected chi connectivity index (χ4v) is 2.54. The van der Waals surface area contributed by atoms with Gasteiger partial charge >= 0.3 is 0 Å². The van der Waals surface area contributed by atoms with E-state index in [0.717, 1.165) is 10.9 Å². The van der Waals surface area contributed by atoms with Crippen molar-refractivity contribution in [1.29, 1.82) is 0 Å². The molecular formula is C19H15N2O3Pt-. The van der Waals surface area contributed by atoms with E-state index in [4.69, 9.17) is 9.47 Å². The van der Waals surface area contributed by atoms with Crippen molar-refractivity contribution in [1.82, 2.24) is 4.98 Å². The number of ether oxygens (including phenoxy) is 2. The summed E-state index contributed by atoms with van der Waals surface area (Å²) in [6, 6.07) is 17.7. The molecule has 0 saturated heterocycles. The molecule has 1 aromatic heterocycles. The first kappa shape index (κ1) is 17.4. The number of rotatable bonds is 3. The van der Waals surface area contributed by atoms with Crippen molar-refractivity contribution in [3.63, 3.8) is 0 Å². The number of aromatic nitrogens is 1. The Kier molecular flexibility index (Phi) is 5.05. The van der Waals surface area contributed by atoms with Crippen molar-refractivity contribution in [2.75, 3.05) is 6.61 Å². The molecule has 0 aliphatic carbocycles. The Labute approximate surface area is 159 Å². The second kappa shape index (κ2) is 7.24. The van der Waals surface area contributed by atoms with Crippen LogP contribution in [-0.4, -0.2) is 28.6 Å². The molecule has 6 heteroatoms. The smallest absolute Gasteiger partial charge is 0.217 e. The van der Waals surface area contributed by atoms with Crippen LogP contribution < -0.4 is 4.74 Å². The van der Waals surface area contributed by atoms with Crippen molar-refractivity contribution in [2.24, 2.45) is 4.99 Å². The van der Waals surface area contributed by atoms with E-state index in [1.807, 2.05) is 31.2 Å². The average molecular weight is 514 g/mol. The second-order valence-electron chi connectivity index (χ2n) is 5.62. The van der Waals surface area contributed by atoms with Crippen molar-refractivity contribution >= 4 is 16.8 Å². The van der Waals surface area contributed by atoms with Gasteiger partial charge in [-0.2, -0.15) is 0 Å². The maximum absolute atomic E-state index is 9.92. The number of fused-ring (bicyclic) bond motifs is 1. The van der Waals surface area contributed by atoms with E-state index < -0.39 is 0 Å². The molecule has 25 heavy (non-hydrogen) atoms. The van der Waals surface area contributed by atoms with Gasteiger partial charge in [0, 0.05) is 38.3 Å². The number of benzene rings is 2. The SMILES string of the molecule is C[C@H]1COC(c2[c-]c(Oc3ccc4cccc(O)c4n3)ccc2)=N1.[Pt]. The Morgan fingerprint density at radius 1 is 1.16 bits per heavy atom. The molecule has 1 atom stereocenters. The first-order valence-corrected chi connectivity index (χ1v) is 7.69. The third-order valence-electron chi connectivity index (χ3n) is 3.69. The number of aliphatic imine (C=N–C) groups is 1. The van der Waals surface area contributed by atoms with Gasteiger partial charge in [-0.1, -0.05) is 23.8 Å². The molecule has 0 radical (unpaired) electrons. The maximum Gasteiger partial charge on any atom is 0.217 e. The molecule has 5 nitrogen and oxygen atoms in total. The Morgan fingerprint density at radius 2 is 2.00 bits per heavy atom. The van der Waals surface area contributed by atoms with Gasteiger partial charge in [-0.15, -0.1) is 18.2 Å². The van der Waals surface area contributed by atoms with Gasteiger partial charge in [-0.05, 0) is 19.1 Å². The van der Waals surface area contributed by atoms with E-state index in [0.29, 0.717) is 29.7 Å². The molecule has 0 amide bonds. The molecular weight excluding hydrogens is 499 g/mol. The van der Waals surface area contributed by atoms with E-state index in [9.17, 15) is 5.11 Å². The molecule has 2 aromatic carbocycles. The molecule has 1 N–H and O–H groups in total. The quantitative estimate of drug-likeness (QED) is 0.542. The topological polar surface area (TPSA) is 63.9 Å². The molecule has 0 spiro atoms. The van der Waals surface area contributed by atoms with Crippen molar-refractivity contribution in [3.05, 3.63) is 60.2 Å². The number of phenols is 1. The summed E-state index contributed by atoms with van der Waals surface area (Å²) in [6.07, 6.45) is 0. The van der Waals surface area contributed by atoms with Crippen LogP contribution in [0, 0.1) is 6.07 Å². The van der Waals surface area contributed by atoms with Crippen LogP contribution in [0.2, 0.25) is 0 Å². The fraction of sp³-hybridized carbons (Fsp3) is 0.158. The van der Waals surface area contributed by atoms with E-state index in [-0.39, 0.29) is 32.9 Å². The van der Waals surface area contributed by atoms with E-state index in [2.05, 4.69) is 16.0 Å². The molecule has 0 bridgehead atoms. The molecule has 2 heterocycles. The van der Waals surface area contributed by atoms with Crippen LogP contribution in [0.25, 0.3) is 10.9 Å². The van der Waals surface area contributed by atoms with Gasteiger partial charge in [0.25, 0.3) is 0 Å². The predicted molar refractivity (Wildman–Crippen MR) is 90.7 cm³/mol. The molecule has 0 saturated carbocycles. The Bertz CT molecular complexity index is 943. The summed E-state index contributed by atoms with van der Waals surface area (Å²) in [6.45, 7) is 2.58. The minimum Gasteiger partial charge on any atom is -0.518 e. The first-order valence-electron chi connectivity index (χ1n) is 7.69. The third-order valence-corrected chi connectivity index (χ3v) is 3.69. The van der Waals surface area contributed by atoms with Crippen molar-refractivity contribution < 1.29 is 35.6 Å². The predicted octanol–water partition coefficient (Wildman–Crippen LogP) is 3.70. The number of pyridine rings is 1. The molecule has 0 unspecified atom stereocenters. The van der Waals surface area contributed by atoms with Crippen LogP contribution in [0.1, 0.15) is 12.5 Å². The molecule has 130 valence electrons.